The zero-order chi connectivity index (χ0) is 13.1. The van der Waals surface area contributed by atoms with E-state index in [1.165, 1.54) is 6.42 Å². The Balaban J connectivity index is 1.93. The Hall–Kier alpha value is -0.240. The van der Waals surface area contributed by atoms with E-state index in [2.05, 4.69) is 0 Å². The van der Waals surface area contributed by atoms with Crippen LogP contribution in [0.3, 0.4) is 0 Å². The van der Waals surface area contributed by atoms with Gasteiger partial charge in [-0.05, 0) is 12.8 Å². The predicted molar refractivity (Wildman–Crippen MR) is 61.7 cm³/mol. The van der Waals surface area contributed by atoms with Crippen LogP contribution in [0.5, 0.6) is 0 Å². The lowest BCUT2D eigenvalue weighted by Crippen LogP contribution is -2.59. The molecule has 0 aromatic carbocycles. The van der Waals surface area contributed by atoms with Crippen LogP contribution in [0.2, 0.25) is 0 Å². The van der Waals surface area contributed by atoms with E-state index < -0.39 is 37.3 Å². The lowest BCUT2D eigenvalue weighted by Gasteiger charge is -2.41. The Bertz CT molecular complexity index is 253. The summed E-state index contributed by atoms with van der Waals surface area (Å²) < 4.78 is 10.9. The van der Waals surface area contributed by atoms with Gasteiger partial charge in [0, 0.05) is 0 Å². The van der Waals surface area contributed by atoms with E-state index in [4.69, 9.17) is 14.6 Å². The van der Waals surface area contributed by atoms with E-state index in [0.717, 1.165) is 25.7 Å². The minimum absolute atomic E-state index is 0.0141. The minimum atomic E-state index is -1.36. The molecule has 0 aromatic rings. The summed E-state index contributed by atoms with van der Waals surface area (Å²) in [6, 6.07) is 0. The molecular formula is C12H22O6. The first-order valence-corrected chi connectivity index (χ1v) is 6.59. The van der Waals surface area contributed by atoms with Gasteiger partial charge in [-0.2, -0.15) is 0 Å². The van der Waals surface area contributed by atoms with Crippen LogP contribution < -0.4 is 0 Å². The molecule has 0 radical (unpaired) electrons. The Morgan fingerprint density at radius 2 is 1.61 bits per heavy atom. The van der Waals surface area contributed by atoms with Gasteiger partial charge in [0.25, 0.3) is 0 Å². The highest BCUT2D eigenvalue weighted by Gasteiger charge is 2.44. The molecular weight excluding hydrogens is 240 g/mol. The largest absolute Gasteiger partial charge is 0.394 e. The Morgan fingerprint density at radius 3 is 2.22 bits per heavy atom. The normalized spacial score (nSPS) is 43.0. The van der Waals surface area contributed by atoms with Gasteiger partial charge in [0.2, 0.25) is 0 Å². The van der Waals surface area contributed by atoms with Gasteiger partial charge in [-0.15, -0.1) is 0 Å². The molecule has 0 unspecified atom stereocenters. The van der Waals surface area contributed by atoms with Crippen molar-refractivity contribution in [2.24, 2.45) is 0 Å². The fourth-order valence-corrected chi connectivity index (χ4v) is 2.57. The molecule has 18 heavy (non-hydrogen) atoms. The maximum atomic E-state index is 9.81. The van der Waals surface area contributed by atoms with E-state index in [1.807, 2.05) is 0 Å². The molecule has 2 aliphatic rings. The van der Waals surface area contributed by atoms with Gasteiger partial charge in [-0.1, -0.05) is 19.3 Å². The summed E-state index contributed by atoms with van der Waals surface area (Å²) in [6.07, 6.45) is -0.644. The van der Waals surface area contributed by atoms with Crippen LogP contribution in [0.25, 0.3) is 0 Å². The van der Waals surface area contributed by atoms with Crippen molar-refractivity contribution in [3.63, 3.8) is 0 Å². The van der Waals surface area contributed by atoms with Crippen molar-refractivity contribution in [3.8, 4) is 0 Å². The maximum Gasteiger partial charge on any atom is 0.186 e. The first kappa shape index (κ1) is 14.2. The molecule has 6 nitrogen and oxygen atoms in total. The number of hydrogen-bond acceptors (Lipinski definition) is 6. The molecule has 1 aliphatic carbocycles. The summed E-state index contributed by atoms with van der Waals surface area (Å²) in [4.78, 5) is 0. The number of hydrogen-bond donors (Lipinski definition) is 4. The van der Waals surface area contributed by atoms with E-state index in [-0.39, 0.29) is 6.10 Å². The van der Waals surface area contributed by atoms with Crippen molar-refractivity contribution in [2.45, 2.75) is 68.9 Å². The van der Waals surface area contributed by atoms with Gasteiger partial charge in [-0.3, -0.25) is 0 Å². The van der Waals surface area contributed by atoms with E-state index in [1.54, 1.807) is 0 Å². The van der Waals surface area contributed by atoms with Crippen LogP contribution in [0.15, 0.2) is 0 Å². The van der Waals surface area contributed by atoms with Gasteiger partial charge in [0.1, 0.15) is 24.4 Å². The van der Waals surface area contributed by atoms with E-state index >= 15 is 0 Å². The van der Waals surface area contributed by atoms with Crippen molar-refractivity contribution in [3.05, 3.63) is 0 Å². The standard InChI is InChI=1S/C12H22O6/c13-6-8-9(14)10(15)11(16)12(18-8)17-7-4-2-1-3-5-7/h7-16H,1-6H2/t8-,9+,10+,11+,12+/m0/s1. The Labute approximate surface area is 106 Å². The zero-order valence-corrected chi connectivity index (χ0v) is 10.3. The van der Waals surface area contributed by atoms with E-state index in [9.17, 15) is 15.3 Å². The molecule has 2 fully saturated rings. The third-order valence-corrected chi connectivity index (χ3v) is 3.73. The molecule has 0 bridgehead atoms. The molecule has 6 heteroatoms. The molecule has 1 heterocycles. The molecule has 2 rings (SSSR count). The smallest absolute Gasteiger partial charge is 0.186 e. The van der Waals surface area contributed by atoms with Gasteiger partial charge >= 0.3 is 0 Å². The molecule has 4 N–H and O–H groups in total. The number of rotatable bonds is 3. The molecule has 1 saturated carbocycles. The average molecular weight is 262 g/mol. The van der Waals surface area contributed by atoms with Crippen LogP contribution in [0, 0.1) is 0 Å². The lowest BCUT2D eigenvalue weighted by atomic mass is 9.96. The average Bonchev–Trinajstić information content (AvgIpc) is 2.40. The van der Waals surface area contributed by atoms with Crippen LogP contribution in [-0.2, 0) is 9.47 Å². The third kappa shape index (κ3) is 3.01. The van der Waals surface area contributed by atoms with Crippen LogP contribution in [-0.4, -0.2) is 63.8 Å². The Morgan fingerprint density at radius 1 is 0.944 bits per heavy atom. The minimum Gasteiger partial charge on any atom is -0.394 e. The first-order valence-electron chi connectivity index (χ1n) is 6.59. The topological polar surface area (TPSA) is 99.4 Å². The number of ether oxygens (including phenoxy) is 2. The Kier molecular flexibility index (Phi) is 4.94. The van der Waals surface area contributed by atoms with Crippen LogP contribution >= 0.6 is 0 Å². The summed E-state index contributed by atoms with van der Waals surface area (Å²) in [5.74, 6) is 0. The maximum absolute atomic E-state index is 9.81. The predicted octanol–water partition coefficient (Wildman–Crippen LogP) is -0.864. The van der Waals surface area contributed by atoms with Crippen molar-refractivity contribution in [1.29, 1.82) is 0 Å². The van der Waals surface area contributed by atoms with Gasteiger partial charge < -0.3 is 29.9 Å². The van der Waals surface area contributed by atoms with Crippen molar-refractivity contribution < 1.29 is 29.9 Å². The molecule has 106 valence electrons. The highest BCUT2D eigenvalue weighted by molar-refractivity contribution is 4.89. The quantitative estimate of drug-likeness (QED) is 0.528. The second-order valence-electron chi connectivity index (χ2n) is 5.09. The SMILES string of the molecule is OC[C@@H]1O[C@@H](OC2CCCCC2)[C@H](O)[C@H](O)[C@@H]1O. The van der Waals surface area contributed by atoms with Gasteiger partial charge in [-0.25, -0.2) is 0 Å². The van der Waals surface area contributed by atoms with Crippen molar-refractivity contribution in [2.75, 3.05) is 6.61 Å². The summed E-state index contributed by atoms with van der Waals surface area (Å²) in [5.41, 5.74) is 0. The molecule has 5 atom stereocenters. The fraction of sp³-hybridized carbons (Fsp3) is 1.00. The molecule has 1 aliphatic heterocycles. The molecule has 1 saturated heterocycles. The van der Waals surface area contributed by atoms with Gasteiger partial charge in [0.05, 0.1) is 12.7 Å². The lowest BCUT2D eigenvalue weighted by molar-refractivity contribution is -0.312. The van der Waals surface area contributed by atoms with Crippen LogP contribution in [0.4, 0.5) is 0 Å². The van der Waals surface area contributed by atoms with Crippen LogP contribution in [0.1, 0.15) is 32.1 Å². The van der Waals surface area contributed by atoms with Gasteiger partial charge in [0.15, 0.2) is 6.29 Å². The molecule has 0 amide bonds. The third-order valence-electron chi connectivity index (χ3n) is 3.73. The summed E-state index contributed by atoms with van der Waals surface area (Å²) in [7, 11) is 0. The molecule has 0 aromatic heterocycles. The van der Waals surface area contributed by atoms with Crippen molar-refractivity contribution >= 4 is 0 Å². The highest BCUT2D eigenvalue weighted by atomic mass is 16.7. The second-order valence-corrected chi connectivity index (χ2v) is 5.09. The zero-order valence-electron chi connectivity index (χ0n) is 10.3. The number of aliphatic hydroxyl groups excluding tert-OH is 4. The van der Waals surface area contributed by atoms with Crippen molar-refractivity contribution in [1.82, 2.24) is 0 Å². The fourth-order valence-electron chi connectivity index (χ4n) is 2.57. The first-order chi connectivity index (χ1) is 8.63. The monoisotopic (exact) mass is 262 g/mol. The van der Waals surface area contributed by atoms with E-state index in [0.29, 0.717) is 0 Å². The molecule has 0 spiro atoms. The highest BCUT2D eigenvalue weighted by Crippen LogP contribution is 2.27. The number of aliphatic hydroxyl groups is 4. The second kappa shape index (κ2) is 6.27. The summed E-state index contributed by atoms with van der Waals surface area (Å²) in [5, 5.41) is 38.1. The summed E-state index contributed by atoms with van der Waals surface area (Å²) >= 11 is 0. The summed E-state index contributed by atoms with van der Waals surface area (Å²) in [6.45, 7) is -0.421.